The third-order valence-electron chi connectivity index (χ3n) is 5.85. The molecule has 11 heteroatoms. The Labute approximate surface area is 200 Å². The highest BCUT2D eigenvalue weighted by Gasteiger charge is 2.33. The van der Waals surface area contributed by atoms with Crippen LogP contribution in [0.25, 0.3) is 11.0 Å². The molecular formula is C24H24N4O7. The first kappa shape index (κ1) is 22.5. The summed E-state index contributed by atoms with van der Waals surface area (Å²) in [6.45, 7) is 1.55. The predicted molar refractivity (Wildman–Crippen MR) is 125 cm³/mol. The molecular weight excluding hydrogens is 456 g/mol. The van der Waals surface area contributed by atoms with Gasteiger partial charge in [-0.1, -0.05) is 0 Å². The molecule has 1 aromatic heterocycles. The summed E-state index contributed by atoms with van der Waals surface area (Å²) in [4.78, 5) is 42.9. The molecule has 0 bridgehead atoms. The van der Waals surface area contributed by atoms with Gasteiger partial charge in [0, 0.05) is 25.1 Å². The maximum absolute atomic E-state index is 12.5. The first-order chi connectivity index (χ1) is 17.0. The van der Waals surface area contributed by atoms with Crippen LogP contribution in [0.1, 0.15) is 6.42 Å². The van der Waals surface area contributed by atoms with Crippen molar-refractivity contribution in [1.82, 2.24) is 14.9 Å². The molecule has 0 unspecified atom stereocenters. The molecule has 182 valence electrons. The van der Waals surface area contributed by atoms with Crippen LogP contribution in [-0.2, 0) is 16.1 Å². The average molecular weight is 480 g/mol. The van der Waals surface area contributed by atoms with Crippen molar-refractivity contribution in [1.29, 1.82) is 0 Å². The average Bonchev–Trinajstić information content (AvgIpc) is 3.26. The highest BCUT2D eigenvalue weighted by molar-refractivity contribution is 5.90. The monoisotopic (exact) mass is 480 g/mol. The quantitative estimate of drug-likeness (QED) is 0.543. The van der Waals surface area contributed by atoms with Gasteiger partial charge in [-0.15, -0.1) is 0 Å². The van der Waals surface area contributed by atoms with Crippen LogP contribution in [0.2, 0.25) is 0 Å². The highest BCUT2D eigenvalue weighted by atomic mass is 16.6. The normalized spacial score (nSPS) is 16.8. The van der Waals surface area contributed by atoms with E-state index in [1.54, 1.807) is 36.4 Å². The van der Waals surface area contributed by atoms with E-state index in [-0.39, 0.29) is 37.5 Å². The van der Waals surface area contributed by atoms with E-state index in [2.05, 4.69) is 10.3 Å². The Morgan fingerprint density at radius 3 is 2.80 bits per heavy atom. The van der Waals surface area contributed by atoms with Crippen molar-refractivity contribution in [3.05, 3.63) is 52.9 Å². The summed E-state index contributed by atoms with van der Waals surface area (Å²) >= 11 is 0. The maximum Gasteiger partial charge on any atom is 0.414 e. The summed E-state index contributed by atoms with van der Waals surface area (Å²) < 4.78 is 23.2. The van der Waals surface area contributed by atoms with Gasteiger partial charge in [-0.25, -0.2) is 9.78 Å². The molecule has 1 saturated heterocycles. The van der Waals surface area contributed by atoms with Crippen LogP contribution in [0.15, 0.2) is 47.4 Å². The van der Waals surface area contributed by atoms with E-state index >= 15 is 0 Å². The lowest BCUT2D eigenvalue weighted by Crippen LogP contribution is -2.35. The van der Waals surface area contributed by atoms with Crippen LogP contribution in [-0.4, -0.2) is 61.1 Å². The van der Waals surface area contributed by atoms with E-state index in [1.165, 1.54) is 22.8 Å². The molecule has 1 N–H and O–H groups in total. The predicted octanol–water partition coefficient (Wildman–Crippen LogP) is 1.71. The van der Waals surface area contributed by atoms with Gasteiger partial charge < -0.3 is 28.8 Å². The molecule has 2 aliphatic rings. The molecule has 0 saturated carbocycles. The fourth-order valence-electron chi connectivity index (χ4n) is 4.07. The Balaban J connectivity index is 1.18. The van der Waals surface area contributed by atoms with Gasteiger partial charge in [0.1, 0.15) is 25.1 Å². The maximum atomic E-state index is 12.5. The standard InChI is InChI=1S/C24H24N4O7/c1-32-16-3-4-18-19(11-16)27(23(30)13-25-18)7-6-22(29)26-12-17-14-28(24(31)35-17)15-2-5-20-21(10-15)34-9-8-33-20/h2-5,10-11,13,17H,6-9,12,14H2,1H3,(H,26,29)/t17-/m1/s1. The summed E-state index contributed by atoms with van der Waals surface area (Å²) in [5.41, 5.74) is 1.54. The molecule has 2 amide bonds. The number of amides is 2. The van der Waals surface area contributed by atoms with Crippen molar-refractivity contribution in [3.8, 4) is 17.2 Å². The van der Waals surface area contributed by atoms with Gasteiger partial charge in [-0.3, -0.25) is 14.5 Å². The second-order valence-corrected chi connectivity index (χ2v) is 8.10. The number of carbonyl (C=O) groups excluding carboxylic acids is 2. The first-order valence-electron chi connectivity index (χ1n) is 11.2. The molecule has 11 nitrogen and oxygen atoms in total. The number of nitrogens with one attached hydrogen (secondary N) is 1. The molecule has 2 aliphatic heterocycles. The number of aromatic nitrogens is 2. The topological polar surface area (TPSA) is 121 Å². The molecule has 5 rings (SSSR count). The van der Waals surface area contributed by atoms with Gasteiger partial charge in [-0.05, 0) is 24.3 Å². The molecule has 0 spiro atoms. The Hall–Kier alpha value is -4.28. The van der Waals surface area contributed by atoms with Crippen LogP contribution in [0.5, 0.6) is 17.2 Å². The Morgan fingerprint density at radius 1 is 1.14 bits per heavy atom. The van der Waals surface area contributed by atoms with Crippen molar-refractivity contribution in [2.24, 2.45) is 0 Å². The number of aryl methyl sites for hydroxylation is 1. The number of nitrogens with zero attached hydrogens (tertiary/aromatic N) is 3. The largest absolute Gasteiger partial charge is 0.497 e. The first-order valence-corrected chi connectivity index (χ1v) is 11.2. The summed E-state index contributed by atoms with van der Waals surface area (Å²) in [6, 6.07) is 10.5. The summed E-state index contributed by atoms with van der Waals surface area (Å²) in [7, 11) is 1.54. The van der Waals surface area contributed by atoms with Crippen LogP contribution in [0, 0.1) is 0 Å². The van der Waals surface area contributed by atoms with E-state index in [4.69, 9.17) is 18.9 Å². The van der Waals surface area contributed by atoms with Gasteiger partial charge in [0.2, 0.25) is 5.91 Å². The summed E-state index contributed by atoms with van der Waals surface area (Å²) in [6.07, 6.45) is 0.304. The number of hydrogen-bond acceptors (Lipinski definition) is 8. The molecule has 1 atom stereocenters. The molecule has 0 aliphatic carbocycles. The highest BCUT2D eigenvalue weighted by Crippen LogP contribution is 2.35. The van der Waals surface area contributed by atoms with Crippen molar-refractivity contribution >= 4 is 28.7 Å². The van der Waals surface area contributed by atoms with E-state index < -0.39 is 12.2 Å². The minimum Gasteiger partial charge on any atom is -0.497 e. The van der Waals surface area contributed by atoms with Crippen LogP contribution >= 0.6 is 0 Å². The molecule has 35 heavy (non-hydrogen) atoms. The zero-order chi connectivity index (χ0) is 24.4. The Bertz CT molecular complexity index is 1340. The SMILES string of the molecule is COc1ccc2ncc(=O)n(CCC(=O)NC[C@@H]3CN(c4ccc5c(c4)OCCO5)C(=O)O3)c2c1. The Morgan fingerprint density at radius 2 is 1.97 bits per heavy atom. The van der Waals surface area contributed by atoms with Crippen molar-refractivity contribution in [2.75, 3.05) is 38.3 Å². The molecule has 3 aromatic rings. The number of carbonyl (C=O) groups is 2. The van der Waals surface area contributed by atoms with Gasteiger partial charge in [0.05, 0.1) is 43.1 Å². The lowest BCUT2D eigenvalue weighted by Gasteiger charge is -2.21. The van der Waals surface area contributed by atoms with E-state index in [0.717, 1.165) is 0 Å². The fourth-order valence-corrected chi connectivity index (χ4v) is 4.07. The van der Waals surface area contributed by atoms with Gasteiger partial charge in [0.25, 0.3) is 5.56 Å². The van der Waals surface area contributed by atoms with E-state index in [9.17, 15) is 14.4 Å². The number of methoxy groups -OCH3 is 1. The lowest BCUT2D eigenvalue weighted by atomic mass is 10.2. The smallest absolute Gasteiger partial charge is 0.414 e. The van der Waals surface area contributed by atoms with Crippen molar-refractivity contribution in [2.45, 2.75) is 19.1 Å². The fraction of sp³-hybridized carbons (Fsp3) is 0.333. The number of anilines is 1. The molecule has 2 aromatic carbocycles. The number of fused-ring (bicyclic) bond motifs is 2. The third-order valence-corrected chi connectivity index (χ3v) is 5.85. The number of benzene rings is 2. The number of rotatable bonds is 7. The van der Waals surface area contributed by atoms with Crippen LogP contribution < -0.4 is 30.0 Å². The second kappa shape index (κ2) is 9.53. The lowest BCUT2D eigenvalue weighted by molar-refractivity contribution is -0.121. The van der Waals surface area contributed by atoms with Crippen molar-refractivity contribution in [3.63, 3.8) is 0 Å². The zero-order valence-electron chi connectivity index (χ0n) is 19.1. The number of hydrogen-bond donors (Lipinski definition) is 1. The number of ether oxygens (including phenoxy) is 4. The summed E-state index contributed by atoms with van der Waals surface area (Å²) in [5.74, 6) is 1.54. The molecule has 3 heterocycles. The minimum absolute atomic E-state index is 0.0722. The van der Waals surface area contributed by atoms with E-state index in [0.29, 0.717) is 47.2 Å². The number of cyclic esters (lactones) is 1. The van der Waals surface area contributed by atoms with Crippen molar-refractivity contribution < 1.29 is 28.5 Å². The van der Waals surface area contributed by atoms with Crippen LogP contribution in [0.3, 0.4) is 0 Å². The van der Waals surface area contributed by atoms with Gasteiger partial charge >= 0.3 is 6.09 Å². The van der Waals surface area contributed by atoms with Gasteiger partial charge in [-0.2, -0.15) is 0 Å². The molecule has 0 radical (unpaired) electrons. The summed E-state index contributed by atoms with van der Waals surface area (Å²) in [5, 5.41) is 2.78. The van der Waals surface area contributed by atoms with Gasteiger partial charge in [0.15, 0.2) is 11.5 Å². The third kappa shape index (κ3) is 4.70. The zero-order valence-corrected chi connectivity index (χ0v) is 19.1. The Kier molecular flexibility index (Phi) is 6.13. The molecule has 1 fully saturated rings. The minimum atomic E-state index is -0.506. The van der Waals surface area contributed by atoms with E-state index in [1.807, 2.05) is 0 Å². The van der Waals surface area contributed by atoms with Crippen LogP contribution in [0.4, 0.5) is 10.5 Å². The second-order valence-electron chi connectivity index (χ2n) is 8.10.